The normalized spacial score (nSPS) is 12.3. The first kappa shape index (κ1) is 38.5. The first-order valence-corrected chi connectivity index (χ1v) is 16.7. The fourth-order valence-corrected chi connectivity index (χ4v) is 6.00. The number of hydrogen-bond acceptors (Lipinski definition) is 9. The predicted molar refractivity (Wildman–Crippen MR) is 191 cm³/mol. The Morgan fingerprint density at radius 1 is 1.06 bits per heavy atom. The number of hydrogen-bond donors (Lipinski definition) is 3. The number of fused-ring (bicyclic) bond motifs is 1. The molecule has 0 atom stereocenters. The molecule has 1 amide bonds. The van der Waals surface area contributed by atoms with Crippen LogP contribution in [0.4, 0.5) is 0 Å². The smallest absolute Gasteiger partial charge is 0.303 e. The van der Waals surface area contributed by atoms with Crippen LogP contribution in [0.3, 0.4) is 0 Å². The van der Waals surface area contributed by atoms with Gasteiger partial charge in [0.25, 0.3) is 5.91 Å². The van der Waals surface area contributed by atoms with Crippen LogP contribution >= 0.6 is 28.3 Å². The van der Waals surface area contributed by atoms with Crippen LogP contribution in [0.1, 0.15) is 95.9 Å². The number of halogens is 1. The number of aryl methyl sites for hydroxylation is 1. The minimum Gasteiger partial charge on any atom is -0.491 e. The van der Waals surface area contributed by atoms with E-state index < -0.39 is 17.3 Å². The number of thiophene rings is 1. The lowest BCUT2D eigenvalue weighted by Gasteiger charge is -2.26. The van der Waals surface area contributed by atoms with E-state index in [2.05, 4.69) is 16.4 Å². The first-order chi connectivity index (χ1) is 22.4. The number of carboxylic acids is 1. The lowest BCUT2D eigenvalue weighted by atomic mass is 9.84. The number of rotatable bonds is 17. The van der Waals surface area contributed by atoms with Gasteiger partial charge in [-0.3, -0.25) is 19.8 Å². The highest BCUT2D eigenvalue weighted by molar-refractivity contribution is 8.93. The zero-order valence-electron chi connectivity index (χ0n) is 28.1. The van der Waals surface area contributed by atoms with Gasteiger partial charge < -0.3 is 29.5 Å². The molecule has 260 valence electrons. The predicted octanol–water partition coefficient (Wildman–Crippen LogP) is 6.45. The number of ether oxygens (including phenoxy) is 3. The summed E-state index contributed by atoms with van der Waals surface area (Å²) in [6, 6.07) is 9.37. The zero-order chi connectivity index (χ0) is 34.1. The van der Waals surface area contributed by atoms with Crippen molar-refractivity contribution in [2.45, 2.75) is 71.8 Å². The van der Waals surface area contributed by atoms with E-state index >= 15 is 0 Å². The molecular weight excluding hydrogens is 700 g/mol. The number of ketones is 1. The van der Waals surface area contributed by atoms with Crippen LogP contribution in [0.5, 0.6) is 17.2 Å². The summed E-state index contributed by atoms with van der Waals surface area (Å²) in [6.07, 6.45) is 2.77. The average molecular weight is 746 g/mol. The summed E-state index contributed by atoms with van der Waals surface area (Å²) in [5, 5.41) is 22.4. The molecule has 0 fully saturated rings. The number of Topliss-reactive ketones (excluding diaryl/α,β-unsaturated/α-hetero) is 1. The molecule has 0 radical (unpaired) electrons. The molecule has 0 aliphatic carbocycles. The monoisotopic (exact) mass is 744 g/mol. The summed E-state index contributed by atoms with van der Waals surface area (Å²) in [7, 11) is 1.51. The van der Waals surface area contributed by atoms with Crippen LogP contribution < -0.4 is 19.5 Å². The van der Waals surface area contributed by atoms with Crippen LogP contribution in [0.25, 0.3) is 0 Å². The van der Waals surface area contributed by atoms with E-state index in [1.54, 1.807) is 28.4 Å². The molecule has 3 N–H and O–H groups in total. The Kier molecular flexibility index (Phi) is 14.0. The summed E-state index contributed by atoms with van der Waals surface area (Å²) >= 11 is 1.70. The fourth-order valence-electron chi connectivity index (χ4n) is 5.25. The van der Waals surface area contributed by atoms with Gasteiger partial charge in [0.1, 0.15) is 11.5 Å². The van der Waals surface area contributed by atoms with Crippen LogP contribution in [-0.4, -0.2) is 71.9 Å². The van der Waals surface area contributed by atoms with Crippen LogP contribution in [0.15, 0.2) is 35.7 Å². The molecule has 2 aromatic heterocycles. The van der Waals surface area contributed by atoms with Crippen molar-refractivity contribution < 1.29 is 33.7 Å². The molecular formula is C35H45BrN4O7S. The highest BCUT2D eigenvalue weighted by atomic mass is 79.9. The number of carbonyl (C=O) groups excluding carboxylic acids is 2. The molecule has 0 spiro atoms. The summed E-state index contributed by atoms with van der Waals surface area (Å²) < 4.78 is 18.2. The molecule has 0 unspecified atom stereocenters. The Bertz CT molecular complexity index is 1610. The topological polar surface area (TPSA) is 151 Å². The summed E-state index contributed by atoms with van der Waals surface area (Å²) in [5.41, 5.74) is 1.97. The summed E-state index contributed by atoms with van der Waals surface area (Å²) in [4.78, 5) is 44.7. The van der Waals surface area contributed by atoms with E-state index in [1.165, 1.54) is 11.9 Å². The molecule has 1 aliphatic heterocycles. The van der Waals surface area contributed by atoms with E-state index in [1.807, 2.05) is 45.2 Å². The maximum absolute atomic E-state index is 13.9. The Morgan fingerprint density at radius 3 is 2.46 bits per heavy atom. The summed E-state index contributed by atoms with van der Waals surface area (Å²) in [6.45, 7) is 9.20. The third-order valence-electron chi connectivity index (χ3n) is 7.67. The number of aromatic nitrogens is 1. The van der Waals surface area contributed by atoms with E-state index in [-0.39, 0.29) is 53.8 Å². The van der Waals surface area contributed by atoms with Crippen molar-refractivity contribution in [2.75, 3.05) is 33.4 Å². The molecule has 3 heterocycles. The molecule has 0 bridgehead atoms. The highest BCUT2D eigenvalue weighted by Gasteiger charge is 2.32. The minimum atomic E-state index is -0.843. The van der Waals surface area contributed by atoms with E-state index in [4.69, 9.17) is 24.7 Å². The van der Waals surface area contributed by atoms with Crippen molar-refractivity contribution in [1.29, 1.82) is 5.41 Å². The number of carbonyl (C=O) groups is 3. The van der Waals surface area contributed by atoms with E-state index in [9.17, 15) is 14.4 Å². The third-order valence-corrected chi connectivity index (χ3v) is 8.60. The van der Waals surface area contributed by atoms with Gasteiger partial charge >= 0.3 is 5.97 Å². The standard InChI is InChI=1S/C35H44N4O7S.BrH/c1-6-44-27-19-23-20-39(33(36)30(23)38-31(27)34(43)37-5)21-26(40)22-17-25(35(2,3)4)32(46-14-8-7-13-29(41)42)28(18-22)45-15-9-11-24-12-10-16-47-24;/h10,12,16-19,36H,6-9,11,13-15,20-21H2,1-5H3,(H,37,43)(H,41,42);1H. The molecule has 3 aromatic rings. The number of benzene rings is 1. The number of amidine groups is 1. The minimum absolute atomic E-state index is 0. The number of unbranched alkanes of at least 4 members (excludes halogenated alkanes) is 1. The Balaban J connectivity index is 0.00000625. The van der Waals surface area contributed by atoms with Crippen LogP contribution in [0.2, 0.25) is 0 Å². The SMILES string of the molecule is Br.CCOc1cc2c(nc1C(=O)NC)C(=N)N(CC(=O)c1cc(OCCCc3cccs3)c(OCCCCC(=O)O)c(C(C)(C)C)c1)C2. The molecule has 13 heteroatoms. The maximum Gasteiger partial charge on any atom is 0.303 e. The lowest BCUT2D eigenvalue weighted by Crippen LogP contribution is -2.31. The zero-order valence-corrected chi connectivity index (χ0v) is 30.7. The van der Waals surface area contributed by atoms with Gasteiger partial charge in [-0.05, 0) is 67.7 Å². The molecule has 1 aliphatic rings. The van der Waals surface area contributed by atoms with Crippen molar-refractivity contribution in [3.05, 3.63) is 68.7 Å². The second-order valence-corrected chi connectivity index (χ2v) is 13.3. The van der Waals surface area contributed by atoms with E-state index in [0.717, 1.165) is 18.4 Å². The second kappa shape index (κ2) is 17.4. The van der Waals surface area contributed by atoms with Crippen LogP contribution in [-0.2, 0) is 23.2 Å². The summed E-state index contributed by atoms with van der Waals surface area (Å²) in [5.74, 6) is -0.0600. The number of pyridine rings is 1. The Morgan fingerprint density at radius 2 is 1.81 bits per heavy atom. The van der Waals surface area contributed by atoms with Gasteiger partial charge in [0.05, 0.1) is 26.4 Å². The van der Waals surface area contributed by atoms with Crippen molar-refractivity contribution in [3.63, 3.8) is 0 Å². The van der Waals surface area contributed by atoms with Crippen molar-refractivity contribution in [3.8, 4) is 17.2 Å². The third kappa shape index (κ3) is 9.79. The number of amides is 1. The van der Waals surface area contributed by atoms with Gasteiger partial charge in [-0.2, -0.15) is 0 Å². The Labute approximate surface area is 296 Å². The van der Waals surface area contributed by atoms with Gasteiger partial charge in [0.15, 0.2) is 28.7 Å². The van der Waals surface area contributed by atoms with Crippen LogP contribution in [0, 0.1) is 5.41 Å². The number of nitrogens with zero attached hydrogens (tertiary/aromatic N) is 2. The molecule has 48 heavy (non-hydrogen) atoms. The van der Waals surface area contributed by atoms with Gasteiger partial charge in [-0.1, -0.05) is 26.8 Å². The molecule has 0 saturated heterocycles. The van der Waals surface area contributed by atoms with Gasteiger partial charge in [-0.15, -0.1) is 28.3 Å². The number of nitrogens with one attached hydrogen (secondary N) is 2. The first-order valence-electron chi connectivity index (χ1n) is 15.9. The van der Waals surface area contributed by atoms with Crippen molar-refractivity contribution in [1.82, 2.24) is 15.2 Å². The van der Waals surface area contributed by atoms with Gasteiger partial charge in [0, 0.05) is 41.6 Å². The number of aliphatic carboxylic acids is 1. The maximum atomic E-state index is 13.9. The largest absolute Gasteiger partial charge is 0.491 e. The molecule has 1 aromatic carbocycles. The van der Waals surface area contributed by atoms with E-state index in [0.29, 0.717) is 66.7 Å². The van der Waals surface area contributed by atoms with Gasteiger partial charge in [0.2, 0.25) is 0 Å². The van der Waals surface area contributed by atoms with Crippen molar-refractivity contribution >= 4 is 51.8 Å². The van der Waals surface area contributed by atoms with Crippen molar-refractivity contribution in [2.24, 2.45) is 0 Å². The lowest BCUT2D eigenvalue weighted by molar-refractivity contribution is -0.137. The average Bonchev–Trinajstić information content (AvgIpc) is 3.65. The second-order valence-electron chi connectivity index (χ2n) is 12.3. The highest BCUT2D eigenvalue weighted by Crippen LogP contribution is 2.41. The molecule has 0 saturated carbocycles. The Hall–Kier alpha value is -3.97. The number of carboxylic acid groups (broad SMARTS) is 1. The molecule has 11 nitrogen and oxygen atoms in total. The fraction of sp³-hybridized carbons (Fsp3) is 0.457. The quantitative estimate of drug-likeness (QED) is 0.105. The molecule has 4 rings (SSSR count). The van der Waals surface area contributed by atoms with Gasteiger partial charge in [-0.25, -0.2) is 4.98 Å².